The van der Waals surface area contributed by atoms with E-state index < -0.39 is 11.2 Å². The van der Waals surface area contributed by atoms with Crippen LogP contribution in [0.5, 0.6) is 5.75 Å². The van der Waals surface area contributed by atoms with Crippen LogP contribution in [0.15, 0.2) is 48.5 Å². The Balaban J connectivity index is 1.45. The van der Waals surface area contributed by atoms with Crippen molar-refractivity contribution in [3.8, 4) is 5.75 Å². The van der Waals surface area contributed by atoms with E-state index in [0.29, 0.717) is 30.5 Å². The summed E-state index contributed by atoms with van der Waals surface area (Å²) >= 11 is 6.70. The number of hydrogen-bond donors (Lipinski definition) is 1. The second-order valence-electron chi connectivity index (χ2n) is 11.4. The summed E-state index contributed by atoms with van der Waals surface area (Å²) in [5.41, 5.74) is 0.856. The number of hydrogen-bond acceptors (Lipinski definition) is 5. The van der Waals surface area contributed by atoms with Crippen LogP contribution in [0.25, 0.3) is 0 Å². The number of benzene rings is 2. The average Bonchev–Trinajstić information content (AvgIpc) is 2.87. The summed E-state index contributed by atoms with van der Waals surface area (Å²) < 4.78 is 11.5. The number of rotatable bonds is 7. The van der Waals surface area contributed by atoms with Crippen LogP contribution in [0, 0.1) is 0 Å². The third-order valence-electron chi connectivity index (χ3n) is 7.43. The van der Waals surface area contributed by atoms with Crippen molar-refractivity contribution in [1.82, 2.24) is 9.80 Å². The molecule has 1 aliphatic carbocycles. The van der Waals surface area contributed by atoms with Gasteiger partial charge < -0.3 is 19.5 Å². The Bertz CT molecular complexity index is 1030. The molecule has 202 valence electrons. The van der Waals surface area contributed by atoms with E-state index in [1.165, 1.54) is 0 Å². The van der Waals surface area contributed by atoms with Gasteiger partial charge in [-0.15, -0.1) is 0 Å². The molecule has 1 unspecified atom stereocenters. The molecular formula is C30H41ClN2O4. The van der Waals surface area contributed by atoms with E-state index in [1.54, 1.807) is 4.90 Å². The van der Waals surface area contributed by atoms with Crippen molar-refractivity contribution < 1.29 is 19.4 Å². The maximum absolute atomic E-state index is 12.5. The molecule has 2 aromatic carbocycles. The summed E-state index contributed by atoms with van der Waals surface area (Å²) in [6.45, 7) is 9.57. The molecule has 0 aromatic heterocycles. The lowest BCUT2D eigenvalue weighted by molar-refractivity contribution is -0.0357. The average molecular weight is 529 g/mol. The maximum atomic E-state index is 12.5. The minimum absolute atomic E-state index is 0.0680. The van der Waals surface area contributed by atoms with Crippen molar-refractivity contribution in [1.29, 1.82) is 0 Å². The van der Waals surface area contributed by atoms with Crippen molar-refractivity contribution in [3.05, 3.63) is 64.7 Å². The minimum Gasteiger partial charge on any atom is -0.487 e. The van der Waals surface area contributed by atoms with Crippen molar-refractivity contribution in [2.75, 3.05) is 32.7 Å². The van der Waals surface area contributed by atoms with Crippen LogP contribution < -0.4 is 4.74 Å². The fourth-order valence-corrected chi connectivity index (χ4v) is 5.63. The second-order valence-corrected chi connectivity index (χ2v) is 11.9. The topological polar surface area (TPSA) is 62.2 Å². The Hall–Kier alpha value is -2.28. The number of piperazine rings is 1. The normalized spacial score (nSPS) is 19.3. The molecule has 0 spiro atoms. The van der Waals surface area contributed by atoms with E-state index >= 15 is 0 Å². The van der Waals surface area contributed by atoms with E-state index in [9.17, 15) is 9.90 Å². The molecule has 1 saturated heterocycles. The zero-order valence-electron chi connectivity index (χ0n) is 22.4. The lowest BCUT2D eigenvalue weighted by Gasteiger charge is -2.43. The fraction of sp³-hybridized carbons (Fsp3) is 0.567. The monoisotopic (exact) mass is 528 g/mol. The number of carbonyl (C=O) groups excluding carboxylic acids is 1. The molecule has 0 radical (unpaired) electrons. The van der Waals surface area contributed by atoms with Gasteiger partial charge in [-0.1, -0.05) is 67.3 Å². The summed E-state index contributed by atoms with van der Waals surface area (Å²) in [6, 6.07) is 16.0. The summed E-state index contributed by atoms with van der Waals surface area (Å²) in [5.74, 6) is 0.580. The van der Waals surface area contributed by atoms with E-state index in [2.05, 4.69) is 11.0 Å². The zero-order valence-corrected chi connectivity index (χ0v) is 23.2. The van der Waals surface area contributed by atoms with E-state index in [0.717, 1.165) is 62.9 Å². The SMILES string of the molecule is CC(C)(C)OC(=O)N1CCN(CC(c2ccc(OCc3ccccc3)c(Cl)c2)C2(O)CCCCC2)CC1. The van der Waals surface area contributed by atoms with Crippen LogP contribution in [0.3, 0.4) is 0 Å². The molecule has 2 aromatic rings. The van der Waals surface area contributed by atoms with Gasteiger partial charge in [-0.05, 0) is 56.9 Å². The third kappa shape index (κ3) is 7.62. The maximum Gasteiger partial charge on any atom is 0.410 e. The number of carbonyl (C=O) groups is 1. The van der Waals surface area contributed by atoms with E-state index in [4.69, 9.17) is 21.1 Å². The second kappa shape index (κ2) is 12.1. The van der Waals surface area contributed by atoms with Gasteiger partial charge in [-0.2, -0.15) is 0 Å². The minimum atomic E-state index is -0.768. The Morgan fingerprint density at radius 3 is 2.32 bits per heavy atom. The van der Waals surface area contributed by atoms with Crippen molar-refractivity contribution >= 4 is 17.7 Å². The summed E-state index contributed by atoms with van der Waals surface area (Å²) in [4.78, 5) is 16.6. The highest BCUT2D eigenvalue weighted by molar-refractivity contribution is 6.32. The van der Waals surface area contributed by atoms with Gasteiger partial charge in [0.25, 0.3) is 0 Å². The largest absolute Gasteiger partial charge is 0.487 e. The lowest BCUT2D eigenvalue weighted by Crippen LogP contribution is -2.52. The smallest absolute Gasteiger partial charge is 0.410 e. The molecule has 2 fully saturated rings. The Morgan fingerprint density at radius 1 is 1.03 bits per heavy atom. The van der Waals surface area contributed by atoms with Gasteiger partial charge >= 0.3 is 6.09 Å². The number of aliphatic hydroxyl groups is 1. The molecule has 1 aliphatic heterocycles. The van der Waals surface area contributed by atoms with Crippen LogP contribution in [0.4, 0.5) is 4.79 Å². The van der Waals surface area contributed by atoms with Gasteiger partial charge in [0.15, 0.2) is 0 Å². The number of halogens is 1. The van der Waals surface area contributed by atoms with Crippen LogP contribution in [0.2, 0.25) is 5.02 Å². The molecule has 1 amide bonds. The molecular weight excluding hydrogens is 488 g/mol. The standard InChI is InChI=1S/C30H41ClN2O4/c1-29(2,3)37-28(34)33-18-16-32(17-19-33)21-25(30(35)14-8-5-9-15-30)24-12-13-27(26(31)20-24)36-22-23-10-6-4-7-11-23/h4,6-7,10-13,20,25,35H,5,8-9,14-19,21-22H2,1-3H3. The fourth-order valence-electron chi connectivity index (χ4n) is 5.38. The first kappa shape index (κ1) is 27.7. The highest BCUT2D eigenvalue weighted by atomic mass is 35.5. The predicted molar refractivity (Wildman–Crippen MR) is 147 cm³/mol. The number of amides is 1. The van der Waals surface area contributed by atoms with Crippen LogP contribution in [0.1, 0.15) is 69.9 Å². The highest BCUT2D eigenvalue weighted by Gasteiger charge is 2.40. The summed E-state index contributed by atoms with van der Waals surface area (Å²) in [7, 11) is 0. The molecule has 1 saturated carbocycles. The molecule has 0 bridgehead atoms. The highest BCUT2D eigenvalue weighted by Crippen LogP contribution is 2.42. The van der Waals surface area contributed by atoms with Gasteiger partial charge in [-0.3, -0.25) is 4.90 Å². The third-order valence-corrected chi connectivity index (χ3v) is 7.72. The first-order valence-corrected chi connectivity index (χ1v) is 13.9. The Kier molecular flexibility index (Phi) is 9.04. The number of ether oxygens (including phenoxy) is 2. The Morgan fingerprint density at radius 2 is 1.70 bits per heavy atom. The molecule has 2 aliphatic rings. The summed E-state index contributed by atoms with van der Waals surface area (Å²) in [6.07, 6.45) is 4.55. The van der Waals surface area contributed by atoms with Crippen molar-refractivity contribution in [2.45, 2.75) is 76.6 Å². The molecule has 6 nitrogen and oxygen atoms in total. The van der Waals surface area contributed by atoms with E-state index in [-0.39, 0.29) is 12.0 Å². The first-order valence-electron chi connectivity index (χ1n) is 13.5. The van der Waals surface area contributed by atoms with Crippen LogP contribution in [-0.4, -0.2) is 64.9 Å². The lowest BCUT2D eigenvalue weighted by atomic mass is 9.72. The van der Waals surface area contributed by atoms with E-state index in [1.807, 2.05) is 63.2 Å². The predicted octanol–water partition coefficient (Wildman–Crippen LogP) is 6.25. The van der Waals surface area contributed by atoms with Gasteiger partial charge in [0.1, 0.15) is 18.0 Å². The molecule has 7 heteroatoms. The van der Waals surface area contributed by atoms with Gasteiger partial charge in [0.2, 0.25) is 0 Å². The van der Waals surface area contributed by atoms with Gasteiger partial charge in [0.05, 0.1) is 10.6 Å². The van der Waals surface area contributed by atoms with Gasteiger partial charge in [0, 0.05) is 38.6 Å². The number of nitrogens with zero attached hydrogens (tertiary/aromatic N) is 2. The molecule has 1 heterocycles. The van der Waals surface area contributed by atoms with Crippen molar-refractivity contribution in [3.63, 3.8) is 0 Å². The van der Waals surface area contributed by atoms with Crippen LogP contribution >= 0.6 is 11.6 Å². The van der Waals surface area contributed by atoms with Crippen molar-refractivity contribution in [2.24, 2.45) is 0 Å². The molecule has 1 N–H and O–H groups in total. The van der Waals surface area contributed by atoms with Crippen LogP contribution in [-0.2, 0) is 11.3 Å². The zero-order chi connectivity index (χ0) is 26.5. The first-order chi connectivity index (χ1) is 17.6. The Labute approximate surface area is 226 Å². The molecule has 37 heavy (non-hydrogen) atoms. The quantitative estimate of drug-likeness (QED) is 0.460. The summed E-state index contributed by atoms with van der Waals surface area (Å²) in [5, 5.41) is 12.4. The molecule has 1 atom stereocenters. The molecule has 4 rings (SSSR count). The van der Waals surface area contributed by atoms with Gasteiger partial charge in [-0.25, -0.2) is 4.79 Å².